The molecular formula is C17H25N5O2. The molecule has 0 aliphatic carbocycles. The van der Waals surface area contributed by atoms with Gasteiger partial charge in [-0.2, -0.15) is 4.68 Å². The minimum Gasteiger partial charge on any atom is -0.497 e. The SMILES string of the molecule is CCCC(CCC)C(=O)NCc1nnnn1-c1ccc(OC)cc1. The molecule has 2 rings (SSSR count). The van der Waals surface area contributed by atoms with Crippen molar-refractivity contribution in [2.45, 2.75) is 46.1 Å². The van der Waals surface area contributed by atoms with Crippen LogP contribution in [0, 0.1) is 5.92 Å². The highest BCUT2D eigenvalue weighted by Crippen LogP contribution is 2.16. The van der Waals surface area contributed by atoms with Gasteiger partial charge in [0.25, 0.3) is 0 Å². The molecule has 0 saturated carbocycles. The third-order valence-electron chi connectivity index (χ3n) is 3.92. The predicted molar refractivity (Wildman–Crippen MR) is 90.9 cm³/mol. The maximum atomic E-state index is 12.3. The van der Waals surface area contributed by atoms with Gasteiger partial charge in [0.2, 0.25) is 5.91 Å². The zero-order valence-corrected chi connectivity index (χ0v) is 14.5. The molecular weight excluding hydrogens is 306 g/mol. The average molecular weight is 331 g/mol. The average Bonchev–Trinajstić information content (AvgIpc) is 3.08. The van der Waals surface area contributed by atoms with Crippen LogP contribution in [0.4, 0.5) is 0 Å². The fraction of sp³-hybridized carbons (Fsp3) is 0.529. The third-order valence-corrected chi connectivity index (χ3v) is 3.92. The highest BCUT2D eigenvalue weighted by atomic mass is 16.5. The van der Waals surface area contributed by atoms with Crippen molar-refractivity contribution in [3.8, 4) is 11.4 Å². The van der Waals surface area contributed by atoms with E-state index in [1.165, 1.54) is 0 Å². The van der Waals surface area contributed by atoms with E-state index in [1.807, 2.05) is 24.3 Å². The standard InChI is InChI=1S/C17H25N5O2/c1-4-6-13(7-5-2)17(23)18-12-16-19-20-21-22(16)14-8-10-15(24-3)11-9-14/h8-11,13H,4-7,12H2,1-3H3,(H,18,23). The molecule has 0 saturated heterocycles. The summed E-state index contributed by atoms with van der Waals surface area (Å²) in [5, 5.41) is 14.7. The predicted octanol–water partition coefficient (Wildman–Crippen LogP) is 2.50. The highest BCUT2D eigenvalue weighted by molar-refractivity contribution is 5.78. The van der Waals surface area contributed by atoms with Crippen LogP contribution in [0.5, 0.6) is 5.75 Å². The van der Waals surface area contributed by atoms with E-state index in [4.69, 9.17) is 4.74 Å². The van der Waals surface area contributed by atoms with E-state index in [0.29, 0.717) is 12.4 Å². The Morgan fingerprint density at radius 1 is 1.21 bits per heavy atom. The molecule has 0 unspecified atom stereocenters. The van der Waals surface area contributed by atoms with Gasteiger partial charge in [-0.1, -0.05) is 26.7 Å². The summed E-state index contributed by atoms with van der Waals surface area (Å²) in [6.45, 7) is 4.50. The Balaban J connectivity index is 2.03. The van der Waals surface area contributed by atoms with Crippen LogP contribution >= 0.6 is 0 Å². The maximum Gasteiger partial charge on any atom is 0.223 e. The number of methoxy groups -OCH3 is 1. The molecule has 0 aliphatic rings. The van der Waals surface area contributed by atoms with Crippen LogP contribution in [-0.2, 0) is 11.3 Å². The quantitative estimate of drug-likeness (QED) is 0.763. The summed E-state index contributed by atoms with van der Waals surface area (Å²) < 4.78 is 6.77. The number of amides is 1. The van der Waals surface area contributed by atoms with Crippen LogP contribution < -0.4 is 10.1 Å². The Bertz CT molecular complexity index is 633. The largest absolute Gasteiger partial charge is 0.497 e. The van der Waals surface area contributed by atoms with Crippen molar-refractivity contribution in [2.24, 2.45) is 5.92 Å². The van der Waals surface area contributed by atoms with Gasteiger partial charge < -0.3 is 10.1 Å². The summed E-state index contributed by atoms with van der Waals surface area (Å²) in [7, 11) is 1.62. The lowest BCUT2D eigenvalue weighted by atomic mass is 9.97. The van der Waals surface area contributed by atoms with Gasteiger partial charge in [-0.25, -0.2) is 0 Å². The van der Waals surface area contributed by atoms with E-state index < -0.39 is 0 Å². The van der Waals surface area contributed by atoms with E-state index in [2.05, 4.69) is 34.7 Å². The van der Waals surface area contributed by atoms with Gasteiger partial charge in [-0.15, -0.1) is 5.10 Å². The lowest BCUT2D eigenvalue weighted by Gasteiger charge is -2.15. The summed E-state index contributed by atoms with van der Waals surface area (Å²) in [5.41, 5.74) is 0.823. The van der Waals surface area contributed by atoms with Crippen molar-refractivity contribution < 1.29 is 9.53 Å². The Labute approximate surface area is 142 Å². The third kappa shape index (κ3) is 4.53. The summed E-state index contributed by atoms with van der Waals surface area (Å²) in [5.74, 6) is 1.50. The van der Waals surface area contributed by atoms with Crippen molar-refractivity contribution in [1.82, 2.24) is 25.5 Å². The molecule has 1 N–H and O–H groups in total. The molecule has 1 amide bonds. The molecule has 0 atom stereocenters. The van der Waals surface area contributed by atoms with Gasteiger partial charge in [0.1, 0.15) is 5.75 Å². The number of nitrogens with zero attached hydrogens (tertiary/aromatic N) is 4. The molecule has 7 nitrogen and oxygen atoms in total. The maximum absolute atomic E-state index is 12.3. The van der Waals surface area contributed by atoms with Crippen LogP contribution in [0.2, 0.25) is 0 Å². The topological polar surface area (TPSA) is 81.9 Å². The van der Waals surface area contributed by atoms with Gasteiger partial charge in [0, 0.05) is 5.92 Å². The second-order valence-electron chi connectivity index (χ2n) is 5.70. The lowest BCUT2D eigenvalue weighted by molar-refractivity contribution is -0.125. The molecule has 2 aromatic rings. The molecule has 1 aromatic carbocycles. The number of hydrogen-bond acceptors (Lipinski definition) is 5. The van der Waals surface area contributed by atoms with Gasteiger partial charge in [-0.05, 0) is 47.5 Å². The van der Waals surface area contributed by atoms with E-state index in [9.17, 15) is 4.79 Å². The summed E-state index contributed by atoms with van der Waals surface area (Å²) >= 11 is 0. The second-order valence-corrected chi connectivity index (χ2v) is 5.70. The smallest absolute Gasteiger partial charge is 0.223 e. The number of rotatable bonds is 9. The first kappa shape index (κ1) is 17.9. The second kappa shape index (κ2) is 9.00. The van der Waals surface area contributed by atoms with Gasteiger partial charge in [0.15, 0.2) is 5.82 Å². The Morgan fingerprint density at radius 2 is 1.88 bits per heavy atom. The molecule has 0 fully saturated rings. The molecule has 1 heterocycles. The first-order chi connectivity index (χ1) is 11.7. The first-order valence-electron chi connectivity index (χ1n) is 8.39. The minimum atomic E-state index is 0.0605. The molecule has 24 heavy (non-hydrogen) atoms. The zero-order valence-electron chi connectivity index (χ0n) is 14.5. The number of hydrogen-bond donors (Lipinski definition) is 1. The number of aromatic nitrogens is 4. The van der Waals surface area contributed by atoms with Crippen molar-refractivity contribution in [2.75, 3.05) is 7.11 Å². The van der Waals surface area contributed by atoms with Gasteiger partial charge in [0.05, 0.1) is 19.3 Å². The summed E-state index contributed by atoms with van der Waals surface area (Å²) in [6.07, 6.45) is 3.82. The first-order valence-corrected chi connectivity index (χ1v) is 8.39. The van der Waals surface area contributed by atoms with E-state index in [1.54, 1.807) is 11.8 Å². The number of benzene rings is 1. The highest BCUT2D eigenvalue weighted by Gasteiger charge is 2.17. The summed E-state index contributed by atoms with van der Waals surface area (Å²) in [6, 6.07) is 7.44. The fourth-order valence-electron chi connectivity index (χ4n) is 2.65. The van der Waals surface area contributed by atoms with Crippen molar-refractivity contribution >= 4 is 5.91 Å². The Morgan fingerprint density at radius 3 is 2.46 bits per heavy atom. The van der Waals surface area contributed by atoms with Crippen LogP contribution in [0.15, 0.2) is 24.3 Å². The molecule has 0 spiro atoms. The number of carbonyl (C=O) groups is 1. The number of tetrazole rings is 1. The van der Waals surface area contributed by atoms with Crippen molar-refractivity contribution in [3.05, 3.63) is 30.1 Å². The van der Waals surface area contributed by atoms with Gasteiger partial charge >= 0.3 is 0 Å². The molecule has 130 valence electrons. The van der Waals surface area contributed by atoms with E-state index >= 15 is 0 Å². The van der Waals surface area contributed by atoms with Crippen molar-refractivity contribution in [1.29, 1.82) is 0 Å². The van der Waals surface area contributed by atoms with Gasteiger partial charge in [-0.3, -0.25) is 4.79 Å². The van der Waals surface area contributed by atoms with Crippen LogP contribution in [0.25, 0.3) is 5.69 Å². The monoisotopic (exact) mass is 331 g/mol. The van der Waals surface area contributed by atoms with E-state index in [0.717, 1.165) is 37.1 Å². The van der Waals surface area contributed by atoms with E-state index in [-0.39, 0.29) is 11.8 Å². The fourth-order valence-corrected chi connectivity index (χ4v) is 2.65. The molecule has 0 radical (unpaired) electrons. The number of ether oxygens (including phenoxy) is 1. The van der Waals surface area contributed by atoms with Crippen LogP contribution in [0.1, 0.15) is 45.4 Å². The lowest BCUT2D eigenvalue weighted by Crippen LogP contribution is -2.31. The van der Waals surface area contributed by atoms with Crippen LogP contribution in [0.3, 0.4) is 0 Å². The molecule has 7 heteroatoms. The Kier molecular flexibility index (Phi) is 6.72. The molecule has 0 bridgehead atoms. The summed E-state index contributed by atoms with van der Waals surface area (Å²) in [4.78, 5) is 12.3. The van der Waals surface area contributed by atoms with Crippen molar-refractivity contribution in [3.63, 3.8) is 0 Å². The zero-order chi connectivity index (χ0) is 17.4. The number of nitrogens with one attached hydrogen (secondary N) is 1. The molecule has 0 aliphatic heterocycles. The number of carbonyl (C=O) groups excluding carboxylic acids is 1. The van der Waals surface area contributed by atoms with Crippen LogP contribution in [-0.4, -0.2) is 33.2 Å². The minimum absolute atomic E-state index is 0.0605. The Hall–Kier alpha value is -2.44. The normalized spacial score (nSPS) is 10.8. The molecule has 1 aromatic heterocycles.